The number of hydrogen-bond acceptors (Lipinski definition) is 3. The van der Waals surface area contributed by atoms with Crippen LogP contribution in [-0.2, 0) is 6.42 Å². The lowest BCUT2D eigenvalue weighted by Gasteiger charge is -2.28. The second-order valence-corrected chi connectivity index (χ2v) is 10.8. The van der Waals surface area contributed by atoms with E-state index in [9.17, 15) is 4.79 Å². The number of hydrogen-bond donors (Lipinski definition) is 0. The molecule has 1 aliphatic carbocycles. The van der Waals surface area contributed by atoms with Crippen molar-refractivity contribution < 1.29 is 13.5 Å². The lowest BCUT2D eigenvalue weighted by Crippen LogP contribution is -2.20. The standard InChI is InChI=1S/C34H37FO3/c1-3-5-23-7-9-25(10-8-23)22-37-30-20-19-29-21-31(38-34(36)32(29)33(30)35)28-17-15-27(16-18-28)26-13-11-24(6-4-2)12-14-26/h11-21,23,25H,3-10,22H2,1-2H3. The van der Waals surface area contributed by atoms with Gasteiger partial charge in [0.1, 0.15) is 11.1 Å². The average Bonchev–Trinajstić information content (AvgIpc) is 2.94. The van der Waals surface area contributed by atoms with Crippen molar-refractivity contribution in [1.82, 2.24) is 0 Å². The summed E-state index contributed by atoms with van der Waals surface area (Å²) in [5.41, 5.74) is 3.65. The predicted octanol–water partition coefficient (Wildman–Crippen LogP) is 9.20. The Morgan fingerprint density at radius 2 is 1.45 bits per heavy atom. The monoisotopic (exact) mass is 512 g/mol. The summed E-state index contributed by atoms with van der Waals surface area (Å²) in [5, 5.41) is 0.457. The number of aryl methyl sites for hydroxylation is 1. The highest BCUT2D eigenvalue weighted by molar-refractivity contribution is 5.86. The van der Waals surface area contributed by atoms with Crippen LogP contribution in [-0.4, -0.2) is 6.61 Å². The highest BCUT2D eigenvalue weighted by Gasteiger charge is 2.22. The molecule has 1 saturated carbocycles. The molecule has 0 unspecified atom stereocenters. The molecular weight excluding hydrogens is 475 g/mol. The third kappa shape index (κ3) is 5.85. The average molecular weight is 513 g/mol. The van der Waals surface area contributed by atoms with Gasteiger partial charge in [-0.3, -0.25) is 0 Å². The summed E-state index contributed by atoms with van der Waals surface area (Å²) in [6.07, 6.45) is 9.42. The lowest BCUT2D eigenvalue weighted by atomic mass is 9.80. The van der Waals surface area contributed by atoms with E-state index in [0.29, 0.717) is 23.7 Å². The number of ether oxygens (including phenoxy) is 1. The van der Waals surface area contributed by atoms with Gasteiger partial charge in [-0.25, -0.2) is 9.18 Å². The molecule has 0 saturated heterocycles. The van der Waals surface area contributed by atoms with Gasteiger partial charge in [0.2, 0.25) is 0 Å². The fourth-order valence-corrected chi connectivity index (χ4v) is 5.76. The van der Waals surface area contributed by atoms with E-state index in [4.69, 9.17) is 9.15 Å². The summed E-state index contributed by atoms with van der Waals surface area (Å²) in [7, 11) is 0. The molecule has 198 valence electrons. The zero-order valence-corrected chi connectivity index (χ0v) is 22.5. The molecule has 0 atom stereocenters. The molecule has 1 aromatic heterocycles. The summed E-state index contributed by atoms with van der Waals surface area (Å²) < 4.78 is 26.8. The lowest BCUT2D eigenvalue weighted by molar-refractivity contribution is 0.175. The van der Waals surface area contributed by atoms with Crippen LogP contribution >= 0.6 is 0 Å². The van der Waals surface area contributed by atoms with Crippen molar-refractivity contribution in [2.45, 2.75) is 65.2 Å². The van der Waals surface area contributed by atoms with E-state index in [1.807, 2.05) is 24.3 Å². The van der Waals surface area contributed by atoms with Gasteiger partial charge in [0.05, 0.1) is 6.61 Å². The van der Waals surface area contributed by atoms with Crippen molar-refractivity contribution in [3.05, 3.63) is 88.5 Å². The van der Waals surface area contributed by atoms with Gasteiger partial charge in [-0.2, -0.15) is 0 Å². The Kier molecular flexibility index (Phi) is 8.26. The maximum Gasteiger partial charge on any atom is 0.347 e. The molecule has 1 aliphatic rings. The van der Waals surface area contributed by atoms with Crippen LogP contribution in [0.15, 0.2) is 75.9 Å². The quantitative estimate of drug-likeness (QED) is 0.224. The first-order valence-corrected chi connectivity index (χ1v) is 14.1. The van der Waals surface area contributed by atoms with Crippen molar-refractivity contribution in [2.75, 3.05) is 6.61 Å². The molecule has 0 amide bonds. The van der Waals surface area contributed by atoms with Crippen molar-refractivity contribution in [3.63, 3.8) is 0 Å². The highest BCUT2D eigenvalue weighted by atomic mass is 19.1. The Morgan fingerprint density at radius 3 is 2.11 bits per heavy atom. The topological polar surface area (TPSA) is 39.4 Å². The molecule has 1 heterocycles. The number of halogens is 1. The first-order valence-electron chi connectivity index (χ1n) is 14.1. The minimum Gasteiger partial charge on any atom is -0.490 e. The van der Waals surface area contributed by atoms with E-state index in [1.165, 1.54) is 31.2 Å². The van der Waals surface area contributed by atoms with Crippen LogP contribution in [0.5, 0.6) is 5.75 Å². The largest absolute Gasteiger partial charge is 0.490 e. The molecule has 0 bridgehead atoms. The molecule has 4 heteroatoms. The third-order valence-corrected chi connectivity index (χ3v) is 7.97. The van der Waals surface area contributed by atoms with Crippen LogP contribution in [0.2, 0.25) is 0 Å². The van der Waals surface area contributed by atoms with Crippen LogP contribution in [0.3, 0.4) is 0 Å². The fourth-order valence-electron chi connectivity index (χ4n) is 5.76. The SMILES string of the molecule is CCCc1ccc(-c2ccc(-c3cc4ccc(OCC5CCC(CCC)CC5)c(F)c4c(=O)o3)cc2)cc1. The number of benzene rings is 3. The first-order chi connectivity index (χ1) is 18.6. The van der Waals surface area contributed by atoms with Gasteiger partial charge in [-0.15, -0.1) is 0 Å². The van der Waals surface area contributed by atoms with Gasteiger partial charge in [0.25, 0.3) is 0 Å². The number of fused-ring (bicyclic) bond motifs is 1. The van der Waals surface area contributed by atoms with Crippen LogP contribution in [0, 0.1) is 17.7 Å². The Hall–Kier alpha value is -3.40. The zero-order valence-electron chi connectivity index (χ0n) is 22.5. The van der Waals surface area contributed by atoms with Gasteiger partial charge >= 0.3 is 5.63 Å². The van der Waals surface area contributed by atoms with E-state index in [0.717, 1.165) is 48.3 Å². The van der Waals surface area contributed by atoms with Crippen LogP contribution < -0.4 is 10.4 Å². The highest BCUT2D eigenvalue weighted by Crippen LogP contribution is 2.33. The molecule has 4 aromatic rings. The van der Waals surface area contributed by atoms with E-state index >= 15 is 4.39 Å². The van der Waals surface area contributed by atoms with Gasteiger partial charge in [-0.1, -0.05) is 101 Å². The molecule has 3 nitrogen and oxygen atoms in total. The van der Waals surface area contributed by atoms with E-state index in [2.05, 4.69) is 38.1 Å². The Bertz CT molecular complexity index is 1410. The summed E-state index contributed by atoms with van der Waals surface area (Å²) in [6, 6.07) is 21.6. The Morgan fingerprint density at radius 1 is 0.816 bits per heavy atom. The molecule has 0 aliphatic heterocycles. The fraction of sp³-hybridized carbons (Fsp3) is 0.382. The van der Waals surface area contributed by atoms with Crippen LogP contribution in [0.4, 0.5) is 4.39 Å². The summed E-state index contributed by atoms with van der Waals surface area (Å²) >= 11 is 0. The minimum atomic E-state index is -0.684. The molecule has 38 heavy (non-hydrogen) atoms. The van der Waals surface area contributed by atoms with Gasteiger partial charge in [-0.05, 0) is 65.3 Å². The molecule has 3 aromatic carbocycles. The number of rotatable bonds is 9. The molecule has 0 spiro atoms. The summed E-state index contributed by atoms with van der Waals surface area (Å²) in [4.78, 5) is 12.9. The van der Waals surface area contributed by atoms with Gasteiger partial charge in [0, 0.05) is 5.56 Å². The van der Waals surface area contributed by atoms with Crippen molar-refractivity contribution in [1.29, 1.82) is 0 Å². The van der Waals surface area contributed by atoms with E-state index in [-0.39, 0.29) is 11.1 Å². The maximum atomic E-state index is 15.3. The van der Waals surface area contributed by atoms with Gasteiger partial charge < -0.3 is 9.15 Å². The molecule has 0 radical (unpaired) electrons. The molecule has 5 rings (SSSR count). The maximum absolute atomic E-state index is 15.3. The summed E-state index contributed by atoms with van der Waals surface area (Å²) in [5.74, 6) is 1.17. The normalized spacial score (nSPS) is 17.6. The molecular formula is C34H37FO3. The van der Waals surface area contributed by atoms with Crippen molar-refractivity contribution >= 4 is 10.8 Å². The van der Waals surface area contributed by atoms with Gasteiger partial charge in [0.15, 0.2) is 11.6 Å². The smallest absolute Gasteiger partial charge is 0.347 e. The Balaban J connectivity index is 1.30. The second kappa shape index (κ2) is 12.0. The minimum absolute atomic E-state index is 0.0540. The summed E-state index contributed by atoms with van der Waals surface area (Å²) in [6.45, 7) is 4.90. The van der Waals surface area contributed by atoms with Crippen LogP contribution in [0.1, 0.15) is 64.4 Å². The van der Waals surface area contributed by atoms with E-state index in [1.54, 1.807) is 18.2 Å². The van der Waals surface area contributed by atoms with E-state index < -0.39 is 11.4 Å². The first kappa shape index (κ1) is 26.2. The molecule has 0 N–H and O–H groups in total. The van der Waals surface area contributed by atoms with Crippen LogP contribution in [0.25, 0.3) is 33.2 Å². The second-order valence-electron chi connectivity index (χ2n) is 10.8. The van der Waals surface area contributed by atoms with Crippen molar-refractivity contribution in [2.24, 2.45) is 11.8 Å². The zero-order chi connectivity index (χ0) is 26.5. The molecule has 1 fully saturated rings. The third-order valence-electron chi connectivity index (χ3n) is 7.97. The predicted molar refractivity (Wildman–Crippen MR) is 153 cm³/mol. The van der Waals surface area contributed by atoms with Crippen molar-refractivity contribution in [3.8, 4) is 28.2 Å². The Labute approximate surface area is 224 Å².